The monoisotopic (exact) mass is 399 g/mol. The molecule has 3 N–H and O–H groups in total. The van der Waals surface area contributed by atoms with Crippen LogP contribution in [0.1, 0.15) is 27.0 Å². The van der Waals surface area contributed by atoms with Crippen LogP contribution in [0.5, 0.6) is 0 Å². The number of hydrogen-bond donors (Lipinski definition) is 2. The van der Waals surface area contributed by atoms with Crippen molar-refractivity contribution in [2.75, 3.05) is 19.0 Å². The molecule has 150 valence electrons. The number of nitrogens with zero attached hydrogens (tertiary/aromatic N) is 1. The quantitative estimate of drug-likeness (QED) is 0.689. The fourth-order valence-electron chi connectivity index (χ4n) is 3.60. The molecule has 0 radical (unpaired) electrons. The number of anilines is 1. The van der Waals surface area contributed by atoms with Crippen LogP contribution in [0.2, 0.25) is 0 Å². The van der Waals surface area contributed by atoms with Crippen molar-refractivity contribution in [1.29, 1.82) is 0 Å². The number of fused-ring (bicyclic) bond motifs is 1. The molecule has 2 amide bonds. The van der Waals surface area contributed by atoms with E-state index >= 15 is 0 Å². The van der Waals surface area contributed by atoms with Gasteiger partial charge in [0.2, 0.25) is 11.8 Å². The molecule has 0 aliphatic carbocycles. The minimum Gasteiger partial charge on any atom is -0.380 e. The summed E-state index contributed by atoms with van der Waals surface area (Å²) in [6.07, 6.45) is 0. The molecule has 0 unspecified atom stereocenters. The summed E-state index contributed by atoms with van der Waals surface area (Å²) in [5.41, 5.74) is 11.6. The van der Waals surface area contributed by atoms with E-state index in [0.29, 0.717) is 23.6 Å². The molecule has 3 aromatic carbocycles. The molecule has 1 heterocycles. The highest BCUT2D eigenvalue weighted by atomic mass is 16.5. The average Bonchev–Trinajstić information content (AvgIpc) is 2.92. The lowest BCUT2D eigenvalue weighted by Crippen LogP contribution is -2.14. The number of carbonyl (C=O) groups excluding carboxylic acids is 2. The maximum absolute atomic E-state index is 12.3. The number of nitrogens with one attached hydrogen (secondary N) is 1. The van der Waals surface area contributed by atoms with Gasteiger partial charge in [-0.2, -0.15) is 0 Å². The molecular formula is C24H21N3O3. The topological polar surface area (TPSA) is 93.8 Å². The van der Waals surface area contributed by atoms with Gasteiger partial charge in [-0.15, -0.1) is 0 Å². The fraction of sp³-hybridized carbons (Fsp3) is 0.125. The van der Waals surface area contributed by atoms with Crippen LogP contribution < -0.4 is 11.1 Å². The highest BCUT2D eigenvalue weighted by Gasteiger charge is 2.21. The Labute approximate surface area is 174 Å². The molecule has 3 aromatic rings. The largest absolute Gasteiger partial charge is 0.380 e. The van der Waals surface area contributed by atoms with Gasteiger partial charge < -0.3 is 15.8 Å². The molecule has 6 nitrogen and oxygen atoms in total. The molecule has 1 aliphatic heterocycles. The second-order valence-corrected chi connectivity index (χ2v) is 7.01. The van der Waals surface area contributed by atoms with E-state index in [2.05, 4.69) is 10.3 Å². The maximum atomic E-state index is 12.3. The molecule has 0 saturated carbocycles. The molecule has 0 spiro atoms. The molecular weight excluding hydrogens is 378 g/mol. The number of carbonyl (C=O) groups is 2. The third kappa shape index (κ3) is 3.86. The Bertz CT molecular complexity index is 1150. The van der Waals surface area contributed by atoms with Gasteiger partial charge in [-0.3, -0.25) is 14.6 Å². The Morgan fingerprint density at radius 1 is 1.03 bits per heavy atom. The first-order valence-corrected chi connectivity index (χ1v) is 9.53. The predicted octanol–water partition coefficient (Wildman–Crippen LogP) is 3.39. The van der Waals surface area contributed by atoms with Gasteiger partial charge in [-0.1, -0.05) is 42.5 Å². The first kappa shape index (κ1) is 19.5. The third-order valence-electron chi connectivity index (χ3n) is 4.96. The van der Waals surface area contributed by atoms with Crippen LogP contribution in [0.15, 0.2) is 71.7 Å². The average molecular weight is 399 g/mol. The highest BCUT2D eigenvalue weighted by Crippen LogP contribution is 2.33. The molecule has 0 fully saturated rings. The van der Waals surface area contributed by atoms with Crippen molar-refractivity contribution < 1.29 is 14.3 Å². The zero-order valence-corrected chi connectivity index (χ0v) is 16.5. The van der Waals surface area contributed by atoms with E-state index in [-0.39, 0.29) is 12.5 Å². The molecule has 4 rings (SSSR count). The summed E-state index contributed by atoms with van der Waals surface area (Å²) < 4.78 is 5.40. The predicted molar refractivity (Wildman–Crippen MR) is 117 cm³/mol. The minimum absolute atomic E-state index is 0.00884. The smallest absolute Gasteiger partial charge is 0.248 e. The lowest BCUT2D eigenvalue weighted by Gasteiger charge is -2.17. The molecule has 6 heteroatoms. The van der Waals surface area contributed by atoms with Gasteiger partial charge in [0.25, 0.3) is 0 Å². The first-order chi connectivity index (χ1) is 14.6. The van der Waals surface area contributed by atoms with Crippen molar-refractivity contribution in [1.82, 2.24) is 0 Å². The number of primary amides is 1. The van der Waals surface area contributed by atoms with Crippen LogP contribution in [-0.4, -0.2) is 31.2 Å². The second kappa shape index (κ2) is 8.31. The zero-order valence-electron chi connectivity index (χ0n) is 16.5. The lowest BCUT2D eigenvalue weighted by molar-refractivity contribution is -0.114. The number of hydrogen-bond acceptors (Lipinski definition) is 4. The van der Waals surface area contributed by atoms with E-state index in [9.17, 15) is 9.59 Å². The van der Waals surface area contributed by atoms with Gasteiger partial charge in [0.05, 0.1) is 18.0 Å². The maximum Gasteiger partial charge on any atom is 0.248 e. The molecule has 0 atom stereocenters. The van der Waals surface area contributed by atoms with Crippen molar-refractivity contribution in [3.05, 3.63) is 89.0 Å². The summed E-state index contributed by atoms with van der Waals surface area (Å²) in [6.45, 7) is 0.391. The minimum atomic E-state index is -0.513. The highest BCUT2D eigenvalue weighted by molar-refractivity contribution is 6.20. The van der Waals surface area contributed by atoms with Crippen molar-refractivity contribution >= 4 is 23.2 Å². The molecule has 1 aliphatic rings. The number of benzene rings is 3. The number of methoxy groups -OCH3 is 1. The Kier molecular flexibility index (Phi) is 5.41. The van der Waals surface area contributed by atoms with Gasteiger partial charge in [-0.05, 0) is 41.0 Å². The molecule has 0 aromatic heterocycles. The van der Waals surface area contributed by atoms with Crippen LogP contribution in [0, 0.1) is 0 Å². The van der Waals surface area contributed by atoms with Gasteiger partial charge in [0.1, 0.15) is 6.54 Å². The van der Waals surface area contributed by atoms with Gasteiger partial charge in [-0.25, -0.2) is 0 Å². The van der Waals surface area contributed by atoms with Crippen molar-refractivity contribution in [3.63, 3.8) is 0 Å². The molecule has 0 bridgehead atoms. The van der Waals surface area contributed by atoms with Crippen LogP contribution in [0.25, 0.3) is 11.1 Å². The van der Waals surface area contributed by atoms with Crippen molar-refractivity contribution in [2.45, 2.75) is 6.61 Å². The second-order valence-electron chi connectivity index (χ2n) is 7.01. The van der Waals surface area contributed by atoms with Crippen molar-refractivity contribution in [3.8, 4) is 11.1 Å². The van der Waals surface area contributed by atoms with Crippen molar-refractivity contribution in [2.24, 2.45) is 10.7 Å². The van der Waals surface area contributed by atoms with Crippen LogP contribution >= 0.6 is 0 Å². The molecule has 30 heavy (non-hydrogen) atoms. The van der Waals surface area contributed by atoms with E-state index in [0.717, 1.165) is 27.8 Å². The summed E-state index contributed by atoms with van der Waals surface area (Å²) in [7, 11) is 1.64. The Morgan fingerprint density at radius 3 is 2.53 bits per heavy atom. The lowest BCUT2D eigenvalue weighted by atomic mass is 9.92. The van der Waals surface area contributed by atoms with Gasteiger partial charge in [0, 0.05) is 23.8 Å². The summed E-state index contributed by atoms with van der Waals surface area (Å²) in [6, 6.07) is 20.9. The van der Waals surface area contributed by atoms with E-state index in [1.165, 1.54) is 0 Å². The van der Waals surface area contributed by atoms with Gasteiger partial charge >= 0.3 is 0 Å². The number of amides is 2. The normalized spacial score (nSPS) is 13.1. The fourth-order valence-corrected chi connectivity index (χ4v) is 3.60. The van der Waals surface area contributed by atoms with E-state index in [1.807, 2.05) is 48.5 Å². The Morgan fingerprint density at radius 2 is 1.80 bits per heavy atom. The number of rotatable bonds is 5. The molecule has 0 saturated heterocycles. The Balaban J connectivity index is 1.93. The zero-order chi connectivity index (χ0) is 21.1. The summed E-state index contributed by atoms with van der Waals surface area (Å²) in [5.74, 6) is -0.714. The number of aliphatic imine (C=N–C) groups is 1. The van der Waals surface area contributed by atoms with E-state index in [4.69, 9.17) is 10.5 Å². The van der Waals surface area contributed by atoms with Crippen LogP contribution in [0.3, 0.4) is 0 Å². The van der Waals surface area contributed by atoms with Crippen LogP contribution in [0.4, 0.5) is 5.69 Å². The summed E-state index contributed by atoms with van der Waals surface area (Å²) >= 11 is 0. The van der Waals surface area contributed by atoms with Crippen LogP contribution in [-0.2, 0) is 16.1 Å². The SMILES string of the molecule is COCc1cc2c(cc1-c1ccccc1)C(c1cccc(C(N)=O)c1)=NCC(=O)N2. The first-order valence-electron chi connectivity index (χ1n) is 9.53. The number of nitrogens with two attached hydrogens (primary N) is 1. The number of benzodiazepines with no additional fused rings is 1. The van der Waals surface area contributed by atoms with E-state index in [1.54, 1.807) is 25.3 Å². The van der Waals surface area contributed by atoms with E-state index < -0.39 is 5.91 Å². The summed E-state index contributed by atoms with van der Waals surface area (Å²) in [4.78, 5) is 28.5. The standard InChI is InChI=1S/C24H21N3O3/c1-30-14-18-11-21-20(12-19(18)15-6-3-2-4-7-15)23(26-13-22(28)27-21)16-8-5-9-17(10-16)24(25)29/h2-12H,13-14H2,1H3,(H2,25,29)(H,27,28). The third-order valence-corrected chi connectivity index (χ3v) is 4.96. The number of ether oxygens (including phenoxy) is 1. The van der Waals surface area contributed by atoms with Gasteiger partial charge in [0.15, 0.2) is 0 Å². The summed E-state index contributed by atoms with van der Waals surface area (Å²) in [5, 5.41) is 2.94. The Hall–Kier alpha value is -3.77.